The monoisotopic (exact) mass is 396 g/mol. The van der Waals surface area contributed by atoms with Crippen LogP contribution in [-0.2, 0) is 18.4 Å². The summed E-state index contributed by atoms with van der Waals surface area (Å²) in [4.78, 5) is 17.0. The number of carbonyl (C=O) groups is 1. The molecule has 0 saturated heterocycles. The van der Waals surface area contributed by atoms with Crippen molar-refractivity contribution >= 4 is 22.6 Å². The van der Waals surface area contributed by atoms with Gasteiger partial charge < -0.3 is 5.32 Å². The summed E-state index contributed by atoms with van der Waals surface area (Å²) in [5.41, 5.74) is 2.07. The number of benzene rings is 1. The van der Waals surface area contributed by atoms with Crippen LogP contribution in [0.5, 0.6) is 0 Å². The zero-order valence-corrected chi connectivity index (χ0v) is 15.8. The molecule has 0 atom stereocenters. The van der Waals surface area contributed by atoms with Gasteiger partial charge in [-0.1, -0.05) is 18.2 Å². The fourth-order valence-corrected chi connectivity index (χ4v) is 3.23. The van der Waals surface area contributed by atoms with E-state index in [0.717, 1.165) is 0 Å². The highest BCUT2D eigenvalue weighted by Crippen LogP contribution is 2.32. The largest absolute Gasteiger partial charge is 0.324 e. The van der Waals surface area contributed by atoms with Crippen LogP contribution in [-0.4, -0.2) is 30.5 Å². The Bertz CT molecular complexity index is 1180. The molecular formula is C20H18F2N6O. The maximum Gasteiger partial charge on any atom is 0.264 e. The van der Waals surface area contributed by atoms with E-state index < -0.39 is 6.43 Å². The number of nitrogens with zero attached hydrogens (tertiary/aromatic N) is 5. The summed E-state index contributed by atoms with van der Waals surface area (Å²) in [6, 6.07) is 10.3. The van der Waals surface area contributed by atoms with E-state index in [0.29, 0.717) is 22.6 Å². The summed E-state index contributed by atoms with van der Waals surface area (Å²) >= 11 is 0. The number of halogens is 2. The number of nitrogens with one attached hydrogen (secondary N) is 1. The molecule has 29 heavy (non-hydrogen) atoms. The molecule has 0 unspecified atom stereocenters. The summed E-state index contributed by atoms with van der Waals surface area (Å²) in [7, 11) is 1.73. The second kappa shape index (κ2) is 7.42. The zero-order valence-electron chi connectivity index (χ0n) is 15.8. The van der Waals surface area contributed by atoms with Crippen LogP contribution in [0.2, 0.25) is 0 Å². The number of pyridine rings is 1. The lowest BCUT2D eigenvalue weighted by Gasteiger charge is -2.08. The van der Waals surface area contributed by atoms with E-state index in [9.17, 15) is 13.6 Å². The van der Waals surface area contributed by atoms with Gasteiger partial charge in [-0.2, -0.15) is 10.2 Å². The third kappa shape index (κ3) is 3.71. The minimum absolute atomic E-state index is 0.147. The third-order valence-corrected chi connectivity index (χ3v) is 4.49. The molecular weight excluding hydrogens is 378 g/mol. The first-order chi connectivity index (χ1) is 13.9. The van der Waals surface area contributed by atoms with E-state index in [1.54, 1.807) is 55.3 Å². The Morgan fingerprint density at radius 1 is 1.24 bits per heavy atom. The summed E-state index contributed by atoms with van der Waals surface area (Å²) in [6.45, 7) is 1.48. The van der Waals surface area contributed by atoms with Crippen molar-refractivity contribution in [2.75, 3.05) is 5.32 Å². The molecule has 0 aliphatic carbocycles. The number of fused-ring (bicyclic) bond motifs is 1. The Kier molecular flexibility index (Phi) is 4.79. The van der Waals surface area contributed by atoms with Crippen molar-refractivity contribution in [1.82, 2.24) is 24.5 Å². The number of hydrogen-bond acceptors (Lipinski definition) is 4. The lowest BCUT2D eigenvalue weighted by Crippen LogP contribution is -2.19. The van der Waals surface area contributed by atoms with Crippen LogP contribution in [0.25, 0.3) is 22.3 Å². The molecule has 0 aliphatic rings. The predicted octanol–water partition coefficient (Wildman–Crippen LogP) is 3.72. The van der Waals surface area contributed by atoms with E-state index in [-0.39, 0.29) is 29.0 Å². The molecule has 148 valence electrons. The van der Waals surface area contributed by atoms with Crippen molar-refractivity contribution in [2.24, 2.45) is 7.05 Å². The van der Waals surface area contributed by atoms with Gasteiger partial charge in [-0.05, 0) is 25.1 Å². The number of alkyl halides is 2. The van der Waals surface area contributed by atoms with Gasteiger partial charge in [-0.3, -0.25) is 9.48 Å². The molecule has 1 amide bonds. The summed E-state index contributed by atoms with van der Waals surface area (Å²) in [5, 5.41) is 11.4. The number of rotatable bonds is 5. The molecule has 0 spiro atoms. The smallest absolute Gasteiger partial charge is 0.264 e. The highest BCUT2D eigenvalue weighted by molar-refractivity contribution is 5.92. The topological polar surface area (TPSA) is 77.6 Å². The van der Waals surface area contributed by atoms with Crippen molar-refractivity contribution < 1.29 is 13.6 Å². The SMILES string of the molecule is Cc1nn(CC(=O)Nc2ccccc2)c2nc(-c3cnn(C)c3)cc(C(F)F)c12. The van der Waals surface area contributed by atoms with Gasteiger partial charge in [0, 0.05) is 30.1 Å². The number of para-hydroxylation sites is 1. The van der Waals surface area contributed by atoms with Gasteiger partial charge in [0.15, 0.2) is 5.65 Å². The van der Waals surface area contributed by atoms with Crippen LogP contribution in [0.1, 0.15) is 17.7 Å². The lowest BCUT2D eigenvalue weighted by atomic mass is 10.1. The first-order valence-corrected chi connectivity index (χ1v) is 8.92. The minimum Gasteiger partial charge on any atom is -0.324 e. The molecule has 4 rings (SSSR count). The number of amides is 1. The van der Waals surface area contributed by atoms with Gasteiger partial charge in [0.2, 0.25) is 5.91 Å². The second-order valence-corrected chi connectivity index (χ2v) is 6.66. The van der Waals surface area contributed by atoms with Gasteiger partial charge in [-0.15, -0.1) is 0 Å². The number of aromatic nitrogens is 5. The molecule has 9 heteroatoms. The Morgan fingerprint density at radius 2 is 2.00 bits per heavy atom. The highest BCUT2D eigenvalue weighted by atomic mass is 19.3. The van der Waals surface area contributed by atoms with Crippen LogP contribution in [0.15, 0.2) is 48.8 Å². The molecule has 0 bridgehead atoms. The fourth-order valence-electron chi connectivity index (χ4n) is 3.23. The van der Waals surface area contributed by atoms with Crippen LogP contribution in [0.4, 0.5) is 14.5 Å². The quantitative estimate of drug-likeness (QED) is 0.558. The Morgan fingerprint density at radius 3 is 2.66 bits per heavy atom. The standard InChI is InChI=1S/C20H18F2N6O/c1-12-18-15(19(21)22)8-16(13-9-23-27(2)10-13)25-20(18)28(26-12)11-17(29)24-14-6-4-3-5-7-14/h3-10,19H,11H2,1-2H3,(H,24,29). The first kappa shape index (κ1) is 18.7. The van der Waals surface area contributed by atoms with Crippen molar-refractivity contribution in [3.63, 3.8) is 0 Å². The zero-order chi connectivity index (χ0) is 20.5. The maximum atomic E-state index is 13.8. The van der Waals surface area contributed by atoms with E-state index in [1.807, 2.05) is 6.07 Å². The second-order valence-electron chi connectivity index (χ2n) is 6.66. The first-order valence-electron chi connectivity index (χ1n) is 8.92. The van der Waals surface area contributed by atoms with Crippen molar-refractivity contribution in [3.05, 3.63) is 60.0 Å². The minimum atomic E-state index is -2.70. The molecule has 1 aromatic carbocycles. The Labute approximate surface area is 165 Å². The molecule has 4 aromatic rings. The molecule has 3 heterocycles. The third-order valence-electron chi connectivity index (χ3n) is 4.49. The lowest BCUT2D eigenvalue weighted by molar-refractivity contribution is -0.116. The normalized spacial score (nSPS) is 11.3. The number of anilines is 1. The summed E-state index contributed by atoms with van der Waals surface area (Å²) < 4.78 is 30.5. The van der Waals surface area contributed by atoms with E-state index in [2.05, 4.69) is 20.5 Å². The van der Waals surface area contributed by atoms with E-state index in [4.69, 9.17) is 0 Å². The van der Waals surface area contributed by atoms with E-state index >= 15 is 0 Å². The summed E-state index contributed by atoms with van der Waals surface area (Å²) in [5.74, 6) is -0.326. The Balaban J connectivity index is 1.76. The van der Waals surface area contributed by atoms with Crippen molar-refractivity contribution in [3.8, 4) is 11.3 Å². The summed E-state index contributed by atoms with van der Waals surface area (Å²) in [6.07, 6.45) is 0.545. The number of carbonyl (C=O) groups excluding carboxylic acids is 1. The van der Waals surface area contributed by atoms with Gasteiger partial charge >= 0.3 is 0 Å². The van der Waals surface area contributed by atoms with Crippen LogP contribution >= 0.6 is 0 Å². The average molecular weight is 396 g/mol. The fraction of sp³-hybridized carbons (Fsp3) is 0.200. The van der Waals surface area contributed by atoms with Gasteiger partial charge in [0.25, 0.3) is 6.43 Å². The molecule has 0 radical (unpaired) electrons. The average Bonchev–Trinajstić information content (AvgIpc) is 3.25. The molecule has 0 saturated carbocycles. The highest BCUT2D eigenvalue weighted by Gasteiger charge is 2.22. The number of hydrogen-bond donors (Lipinski definition) is 1. The molecule has 3 aromatic heterocycles. The predicted molar refractivity (Wildman–Crippen MR) is 104 cm³/mol. The van der Waals surface area contributed by atoms with Crippen molar-refractivity contribution in [1.29, 1.82) is 0 Å². The number of aryl methyl sites for hydroxylation is 2. The molecule has 0 fully saturated rings. The Hall–Kier alpha value is -3.62. The van der Waals surface area contributed by atoms with Crippen LogP contribution in [0.3, 0.4) is 0 Å². The molecule has 1 N–H and O–H groups in total. The van der Waals surface area contributed by atoms with Gasteiger partial charge in [0.1, 0.15) is 6.54 Å². The molecule has 7 nitrogen and oxygen atoms in total. The van der Waals surface area contributed by atoms with Crippen LogP contribution < -0.4 is 5.32 Å². The van der Waals surface area contributed by atoms with Gasteiger partial charge in [-0.25, -0.2) is 18.4 Å². The van der Waals surface area contributed by atoms with Crippen LogP contribution in [0, 0.1) is 6.92 Å². The maximum absolute atomic E-state index is 13.8. The van der Waals surface area contributed by atoms with Gasteiger partial charge in [0.05, 0.1) is 23.0 Å². The van der Waals surface area contributed by atoms with Crippen molar-refractivity contribution in [2.45, 2.75) is 19.9 Å². The molecule has 0 aliphatic heterocycles. The van der Waals surface area contributed by atoms with E-state index in [1.165, 1.54) is 10.7 Å².